The molecule has 0 radical (unpaired) electrons. The molecule has 1 spiro atoms. The zero-order valence-corrected chi connectivity index (χ0v) is 16.4. The van der Waals surface area contributed by atoms with Gasteiger partial charge in [0.2, 0.25) is 0 Å². The van der Waals surface area contributed by atoms with Gasteiger partial charge < -0.3 is 9.84 Å². The summed E-state index contributed by atoms with van der Waals surface area (Å²) in [5.74, 6) is 4.96. The van der Waals surface area contributed by atoms with Gasteiger partial charge in [-0.25, -0.2) is 0 Å². The van der Waals surface area contributed by atoms with Gasteiger partial charge in [0, 0.05) is 11.8 Å². The maximum Gasteiger partial charge on any atom is 0.175 e. The van der Waals surface area contributed by atoms with Gasteiger partial charge in [-0.3, -0.25) is 4.79 Å². The Bertz CT molecular complexity index is 734. The molecule has 1 aliphatic heterocycles. The first kappa shape index (κ1) is 17.0. The van der Waals surface area contributed by atoms with E-state index in [2.05, 4.69) is 13.0 Å². The van der Waals surface area contributed by atoms with E-state index < -0.39 is 6.29 Å². The van der Waals surface area contributed by atoms with Crippen molar-refractivity contribution >= 4 is 5.78 Å². The summed E-state index contributed by atoms with van der Waals surface area (Å²) in [6, 6.07) is 0. The largest absolute Gasteiger partial charge is 0.365 e. The second-order valence-corrected chi connectivity index (χ2v) is 10.6. The molecule has 0 bridgehead atoms. The van der Waals surface area contributed by atoms with Crippen molar-refractivity contribution < 1.29 is 14.6 Å². The number of ketones is 1. The zero-order valence-electron chi connectivity index (χ0n) is 16.4. The van der Waals surface area contributed by atoms with Gasteiger partial charge in [0.05, 0.1) is 5.60 Å². The predicted octanol–water partition coefficient (Wildman–Crippen LogP) is 4.41. The van der Waals surface area contributed by atoms with Gasteiger partial charge in [-0.2, -0.15) is 0 Å². The highest BCUT2D eigenvalue weighted by molar-refractivity contribution is 5.91. The molecular weight excluding hydrogens is 336 g/mol. The highest BCUT2D eigenvalue weighted by Gasteiger charge is 2.66. The van der Waals surface area contributed by atoms with Crippen LogP contribution >= 0.6 is 0 Å². The third kappa shape index (κ3) is 2.25. The lowest BCUT2D eigenvalue weighted by molar-refractivity contribution is -0.185. The lowest BCUT2D eigenvalue weighted by Gasteiger charge is -2.58. The van der Waals surface area contributed by atoms with Crippen LogP contribution in [0.15, 0.2) is 23.8 Å². The molecule has 8 atom stereocenters. The first-order valence-corrected chi connectivity index (χ1v) is 11.3. The molecule has 4 saturated carbocycles. The smallest absolute Gasteiger partial charge is 0.175 e. The van der Waals surface area contributed by atoms with Gasteiger partial charge in [0.25, 0.3) is 0 Å². The molecule has 0 aromatic heterocycles. The van der Waals surface area contributed by atoms with Crippen LogP contribution in [0.5, 0.6) is 0 Å². The topological polar surface area (TPSA) is 46.5 Å². The monoisotopic (exact) mass is 368 g/mol. The van der Waals surface area contributed by atoms with Crippen LogP contribution in [0.1, 0.15) is 64.7 Å². The molecule has 0 aromatic rings. The van der Waals surface area contributed by atoms with Gasteiger partial charge in [-0.1, -0.05) is 18.6 Å². The molecule has 5 aliphatic carbocycles. The van der Waals surface area contributed by atoms with Crippen molar-refractivity contribution in [1.82, 2.24) is 0 Å². The van der Waals surface area contributed by atoms with Crippen molar-refractivity contribution in [1.29, 1.82) is 0 Å². The fourth-order valence-corrected chi connectivity index (χ4v) is 8.33. The van der Waals surface area contributed by atoms with Crippen LogP contribution in [0.4, 0.5) is 0 Å². The summed E-state index contributed by atoms with van der Waals surface area (Å²) in [6.45, 7) is 2.46. The quantitative estimate of drug-likeness (QED) is 0.698. The summed E-state index contributed by atoms with van der Waals surface area (Å²) in [6.07, 6.45) is 16.0. The molecule has 6 rings (SSSR count). The summed E-state index contributed by atoms with van der Waals surface area (Å²) < 4.78 is 6.18. The van der Waals surface area contributed by atoms with Crippen molar-refractivity contribution in [2.45, 2.75) is 76.6 Å². The summed E-state index contributed by atoms with van der Waals surface area (Å²) in [5.41, 5.74) is 1.42. The molecule has 0 saturated heterocycles. The predicted molar refractivity (Wildman–Crippen MR) is 103 cm³/mol. The van der Waals surface area contributed by atoms with Crippen LogP contribution in [0.3, 0.4) is 0 Å². The first-order chi connectivity index (χ1) is 13.0. The summed E-state index contributed by atoms with van der Waals surface area (Å²) in [4.78, 5) is 12.1. The molecule has 3 nitrogen and oxygen atoms in total. The lowest BCUT2D eigenvalue weighted by Crippen LogP contribution is -2.54. The number of carbonyl (C=O) groups is 1. The Morgan fingerprint density at radius 3 is 2.70 bits per heavy atom. The van der Waals surface area contributed by atoms with Crippen LogP contribution in [-0.2, 0) is 9.53 Å². The van der Waals surface area contributed by atoms with Crippen molar-refractivity contribution in [3.05, 3.63) is 23.8 Å². The van der Waals surface area contributed by atoms with Crippen LogP contribution < -0.4 is 0 Å². The lowest BCUT2D eigenvalue weighted by atomic mass is 9.47. The fourth-order valence-electron chi connectivity index (χ4n) is 8.33. The van der Waals surface area contributed by atoms with Gasteiger partial charge >= 0.3 is 0 Å². The SMILES string of the molecule is C[C@]12CCC3C(C1CC[C@@]21C=CC(O)O1)[C@H](C1CC1)CC1=CC(=O)CC[C@@H]13. The number of allylic oxidation sites excluding steroid dienone is 1. The Labute approximate surface area is 162 Å². The molecule has 0 aromatic carbocycles. The Balaban J connectivity index is 1.39. The molecule has 3 heteroatoms. The molecule has 146 valence electrons. The molecule has 6 aliphatic rings. The number of hydrogen-bond acceptors (Lipinski definition) is 3. The van der Waals surface area contributed by atoms with Crippen molar-refractivity contribution in [3.63, 3.8) is 0 Å². The van der Waals surface area contributed by atoms with E-state index in [-0.39, 0.29) is 11.0 Å². The average Bonchev–Trinajstić information content (AvgIpc) is 3.36. The minimum absolute atomic E-state index is 0.154. The number of aliphatic hydroxyl groups excluding tert-OH is 1. The van der Waals surface area contributed by atoms with Crippen LogP contribution in [0, 0.1) is 40.9 Å². The summed E-state index contributed by atoms with van der Waals surface area (Å²) in [5, 5.41) is 10.1. The highest BCUT2D eigenvalue weighted by Crippen LogP contribution is 2.69. The van der Waals surface area contributed by atoms with Gasteiger partial charge in [-0.15, -0.1) is 0 Å². The Morgan fingerprint density at radius 2 is 1.96 bits per heavy atom. The second kappa shape index (κ2) is 5.57. The van der Waals surface area contributed by atoms with E-state index in [4.69, 9.17) is 4.74 Å². The van der Waals surface area contributed by atoms with E-state index in [0.717, 1.165) is 42.9 Å². The van der Waals surface area contributed by atoms with E-state index in [1.54, 1.807) is 0 Å². The van der Waals surface area contributed by atoms with Gasteiger partial charge in [-0.05, 0) is 99.0 Å². The standard InChI is InChI=1S/C24H32O3/c1-23-9-6-18-17-5-4-16(25)12-15(17)13-19(14-2-3-14)22(18)20(23)7-10-24(23)11-8-21(26)27-24/h8,11-12,14,17-22,26H,2-7,9-10,13H2,1H3/t17-,18?,19-,20?,21?,22?,23-,24+/m0/s1. The van der Waals surface area contributed by atoms with Crippen molar-refractivity contribution in [2.75, 3.05) is 0 Å². The number of hydrogen-bond donors (Lipinski definition) is 1. The maximum atomic E-state index is 12.1. The zero-order chi connectivity index (χ0) is 18.4. The van der Waals surface area contributed by atoms with E-state index >= 15 is 0 Å². The Morgan fingerprint density at radius 1 is 1.11 bits per heavy atom. The Kier molecular flexibility index (Phi) is 3.50. The van der Waals surface area contributed by atoms with E-state index in [1.807, 2.05) is 12.2 Å². The normalized spacial score (nSPS) is 53.9. The van der Waals surface area contributed by atoms with Crippen LogP contribution in [0.2, 0.25) is 0 Å². The molecule has 1 N–H and O–H groups in total. The molecule has 4 unspecified atom stereocenters. The second-order valence-electron chi connectivity index (χ2n) is 10.6. The average molecular weight is 369 g/mol. The molecule has 1 heterocycles. The number of carbonyl (C=O) groups excluding carboxylic acids is 1. The number of aliphatic hydroxyl groups is 1. The van der Waals surface area contributed by atoms with Gasteiger partial charge in [0.1, 0.15) is 0 Å². The molecule has 27 heavy (non-hydrogen) atoms. The van der Waals surface area contributed by atoms with Crippen molar-refractivity contribution in [2.24, 2.45) is 40.9 Å². The van der Waals surface area contributed by atoms with E-state index in [0.29, 0.717) is 17.6 Å². The Hall–Kier alpha value is -0.930. The first-order valence-electron chi connectivity index (χ1n) is 11.3. The minimum atomic E-state index is -0.720. The van der Waals surface area contributed by atoms with Crippen LogP contribution in [0.25, 0.3) is 0 Å². The van der Waals surface area contributed by atoms with Gasteiger partial charge in [0.15, 0.2) is 12.1 Å². The molecule has 4 fully saturated rings. The molecular formula is C24H32O3. The maximum absolute atomic E-state index is 12.1. The van der Waals surface area contributed by atoms with Crippen LogP contribution in [-0.4, -0.2) is 22.8 Å². The van der Waals surface area contributed by atoms with Crippen molar-refractivity contribution in [3.8, 4) is 0 Å². The molecule has 0 amide bonds. The minimum Gasteiger partial charge on any atom is -0.365 e. The third-order valence-electron chi connectivity index (χ3n) is 9.66. The summed E-state index contributed by atoms with van der Waals surface area (Å²) in [7, 11) is 0. The third-order valence-corrected chi connectivity index (χ3v) is 9.66. The number of ether oxygens (including phenoxy) is 1. The van der Waals surface area contributed by atoms with E-state index in [9.17, 15) is 9.90 Å². The van der Waals surface area contributed by atoms with E-state index in [1.165, 1.54) is 44.1 Å². The number of fused-ring (bicyclic) bond motifs is 6. The fraction of sp³-hybridized carbons (Fsp3) is 0.792. The number of rotatable bonds is 1. The summed E-state index contributed by atoms with van der Waals surface area (Å²) >= 11 is 0. The highest BCUT2D eigenvalue weighted by atomic mass is 16.6.